The van der Waals surface area contributed by atoms with Crippen molar-refractivity contribution in [2.75, 3.05) is 31.1 Å². The second-order valence-electron chi connectivity index (χ2n) is 7.08. The molecule has 0 atom stereocenters. The van der Waals surface area contributed by atoms with Crippen LogP contribution in [0.5, 0.6) is 0 Å². The van der Waals surface area contributed by atoms with Crippen LogP contribution in [0.15, 0.2) is 47.7 Å². The second-order valence-corrected chi connectivity index (χ2v) is 7.08. The van der Waals surface area contributed by atoms with E-state index in [4.69, 9.17) is 0 Å². The molecule has 144 valence electrons. The van der Waals surface area contributed by atoms with Gasteiger partial charge in [-0.2, -0.15) is 5.10 Å². The summed E-state index contributed by atoms with van der Waals surface area (Å²) in [6.07, 6.45) is 5.03. The van der Waals surface area contributed by atoms with Gasteiger partial charge >= 0.3 is 0 Å². The first-order valence-electron chi connectivity index (χ1n) is 9.38. The number of piperazine rings is 1. The third-order valence-electron chi connectivity index (χ3n) is 4.96. The minimum atomic E-state index is -0.172. The summed E-state index contributed by atoms with van der Waals surface area (Å²) >= 11 is 0. The van der Waals surface area contributed by atoms with Crippen molar-refractivity contribution in [1.29, 1.82) is 0 Å². The Kier molecular flexibility index (Phi) is 4.77. The van der Waals surface area contributed by atoms with Crippen molar-refractivity contribution in [1.82, 2.24) is 24.6 Å². The van der Waals surface area contributed by atoms with Gasteiger partial charge in [-0.25, -0.2) is 9.67 Å². The number of rotatable bonds is 3. The minimum absolute atomic E-state index is 0.128. The Morgan fingerprint density at radius 3 is 2.39 bits per heavy atom. The van der Waals surface area contributed by atoms with Crippen molar-refractivity contribution in [3.8, 4) is 0 Å². The van der Waals surface area contributed by atoms with Crippen LogP contribution in [0, 0.1) is 0 Å². The molecule has 28 heavy (non-hydrogen) atoms. The van der Waals surface area contributed by atoms with E-state index in [-0.39, 0.29) is 17.5 Å². The maximum Gasteiger partial charge on any atom is 0.275 e. The molecule has 4 rings (SSSR count). The van der Waals surface area contributed by atoms with Gasteiger partial charge in [0.05, 0.1) is 17.6 Å². The van der Waals surface area contributed by atoms with Crippen LogP contribution in [0.25, 0.3) is 10.8 Å². The van der Waals surface area contributed by atoms with E-state index in [2.05, 4.69) is 20.0 Å². The first kappa shape index (κ1) is 18.1. The van der Waals surface area contributed by atoms with Crippen molar-refractivity contribution in [3.05, 3.63) is 58.9 Å². The van der Waals surface area contributed by atoms with Crippen LogP contribution in [-0.4, -0.2) is 56.7 Å². The van der Waals surface area contributed by atoms with Crippen LogP contribution < -0.4 is 10.5 Å². The van der Waals surface area contributed by atoms with Crippen molar-refractivity contribution in [2.45, 2.75) is 19.9 Å². The summed E-state index contributed by atoms with van der Waals surface area (Å²) in [6.45, 7) is 6.24. The number of nitrogens with zero attached hydrogens (tertiary/aromatic N) is 6. The van der Waals surface area contributed by atoms with Gasteiger partial charge in [0, 0.05) is 44.0 Å². The number of anilines is 1. The van der Waals surface area contributed by atoms with Crippen LogP contribution in [0.3, 0.4) is 0 Å². The number of hydrogen-bond donors (Lipinski definition) is 0. The Morgan fingerprint density at radius 2 is 1.75 bits per heavy atom. The lowest BCUT2D eigenvalue weighted by Gasteiger charge is -2.35. The van der Waals surface area contributed by atoms with E-state index in [9.17, 15) is 9.59 Å². The molecule has 0 unspecified atom stereocenters. The van der Waals surface area contributed by atoms with E-state index in [0.29, 0.717) is 42.6 Å². The highest BCUT2D eigenvalue weighted by molar-refractivity contribution is 6.04. The van der Waals surface area contributed by atoms with E-state index in [0.717, 1.165) is 5.82 Å². The molecule has 1 aliphatic heterocycles. The maximum absolute atomic E-state index is 13.2. The first-order chi connectivity index (χ1) is 13.6. The molecule has 1 fully saturated rings. The summed E-state index contributed by atoms with van der Waals surface area (Å²) in [5, 5.41) is 5.55. The number of carbonyl (C=O) groups excluding carboxylic acids is 1. The molecule has 1 saturated heterocycles. The molecule has 8 heteroatoms. The summed E-state index contributed by atoms with van der Waals surface area (Å²) in [4.78, 5) is 38.2. The predicted octanol–water partition coefficient (Wildman–Crippen LogP) is 1.73. The average molecular weight is 378 g/mol. The normalized spacial score (nSPS) is 14.7. The monoisotopic (exact) mass is 378 g/mol. The van der Waals surface area contributed by atoms with Gasteiger partial charge in [0.1, 0.15) is 5.82 Å². The molecule has 8 nitrogen and oxygen atoms in total. The van der Waals surface area contributed by atoms with Gasteiger partial charge in [-0.1, -0.05) is 18.2 Å². The number of fused-ring (bicyclic) bond motifs is 1. The Balaban J connectivity index is 1.63. The number of carbonyl (C=O) groups is 1. The molecule has 0 saturated carbocycles. The molecule has 2 aromatic heterocycles. The SMILES string of the molecule is CC(C)n1nc(C(=O)N2CCN(c3cnccn3)CC2)c2ccccc2c1=O. The highest BCUT2D eigenvalue weighted by Gasteiger charge is 2.26. The fourth-order valence-corrected chi connectivity index (χ4v) is 3.46. The van der Waals surface area contributed by atoms with Gasteiger partial charge in [-0.15, -0.1) is 0 Å². The van der Waals surface area contributed by atoms with Crippen LogP contribution in [-0.2, 0) is 0 Å². The zero-order valence-corrected chi connectivity index (χ0v) is 15.9. The molecule has 0 bridgehead atoms. The molecule has 0 radical (unpaired) electrons. The van der Waals surface area contributed by atoms with E-state index in [1.807, 2.05) is 26.0 Å². The number of aromatic nitrogens is 4. The smallest absolute Gasteiger partial charge is 0.275 e. The van der Waals surface area contributed by atoms with Crippen molar-refractivity contribution in [2.24, 2.45) is 0 Å². The fourth-order valence-electron chi connectivity index (χ4n) is 3.46. The topological polar surface area (TPSA) is 84.2 Å². The summed E-state index contributed by atoms with van der Waals surface area (Å²) in [5.74, 6) is 0.663. The third-order valence-corrected chi connectivity index (χ3v) is 4.96. The van der Waals surface area contributed by atoms with Crippen molar-refractivity contribution >= 4 is 22.5 Å². The second kappa shape index (κ2) is 7.38. The summed E-state index contributed by atoms with van der Waals surface area (Å²) < 4.78 is 1.39. The average Bonchev–Trinajstić information content (AvgIpc) is 2.74. The lowest BCUT2D eigenvalue weighted by atomic mass is 10.1. The highest BCUT2D eigenvalue weighted by atomic mass is 16.2. The highest BCUT2D eigenvalue weighted by Crippen LogP contribution is 2.18. The van der Waals surface area contributed by atoms with Crippen LogP contribution in [0.4, 0.5) is 5.82 Å². The van der Waals surface area contributed by atoms with E-state index in [1.165, 1.54) is 4.68 Å². The molecule has 1 amide bonds. The molecule has 0 N–H and O–H groups in total. The van der Waals surface area contributed by atoms with Crippen LogP contribution in [0.1, 0.15) is 30.4 Å². The molecule has 1 aromatic carbocycles. The first-order valence-corrected chi connectivity index (χ1v) is 9.38. The van der Waals surface area contributed by atoms with Crippen LogP contribution in [0.2, 0.25) is 0 Å². The third kappa shape index (κ3) is 3.21. The Hall–Kier alpha value is -3.29. The summed E-state index contributed by atoms with van der Waals surface area (Å²) in [5.41, 5.74) is 0.159. The molecule has 1 aliphatic rings. The van der Waals surface area contributed by atoms with Gasteiger partial charge in [-0.3, -0.25) is 14.6 Å². The van der Waals surface area contributed by atoms with E-state index in [1.54, 1.807) is 35.6 Å². The zero-order chi connectivity index (χ0) is 19.7. The predicted molar refractivity (Wildman–Crippen MR) is 107 cm³/mol. The maximum atomic E-state index is 13.2. The number of hydrogen-bond acceptors (Lipinski definition) is 6. The summed E-state index contributed by atoms with van der Waals surface area (Å²) in [6, 6.07) is 7.05. The molecule has 0 spiro atoms. The molecular weight excluding hydrogens is 356 g/mol. The molecule has 3 heterocycles. The Bertz CT molecular complexity index is 1060. The Labute approximate surface area is 162 Å². The number of amides is 1. The van der Waals surface area contributed by atoms with Crippen LogP contribution >= 0.6 is 0 Å². The Morgan fingerprint density at radius 1 is 1.04 bits per heavy atom. The van der Waals surface area contributed by atoms with E-state index >= 15 is 0 Å². The summed E-state index contributed by atoms with van der Waals surface area (Å²) in [7, 11) is 0. The molecule has 0 aliphatic carbocycles. The largest absolute Gasteiger partial charge is 0.352 e. The molecule has 3 aromatic rings. The lowest BCUT2D eigenvalue weighted by Crippen LogP contribution is -2.49. The van der Waals surface area contributed by atoms with Gasteiger partial charge in [0.25, 0.3) is 11.5 Å². The lowest BCUT2D eigenvalue weighted by molar-refractivity contribution is 0.0739. The number of benzene rings is 1. The standard InChI is InChI=1S/C20H22N6O2/c1-14(2)26-19(27)16-6-4-3-5-15(16)18(23-26)20(28)25-11-9-24(10-12-25)17-13-21-7-8-22-17/h3-8,13-14H,9-12H2,1-2H3. The van der Waals surface area contributed by atoms with E-state index < -0.39 is 0 Å². The quantitative estimate of drug-likeness (QED) is 0.690. The minimum Gasteiger partial charge on any atom is -0.352 e. The fraction of sp³-hybridized carbons (Fsp3) is 0.350. The van der Waals surface area contributed by atoms with Crippen molar-refractivity contribution in [3.63, 3.8) is 0 Å². The van der Waals surface area contributed by atoms with Gasteiger partial charge in [0.15, 0.2) is 5.69 Å². The van der Waals surface area contributed by atoms with Gasteiger partial charge in [-0.05, 0) is 19.9 Å². The zero-order valence-electron chi connectivity index (χ0n) is 15.9. The molecular formula is C20H22N6O2. The van der Waals surface area contributed by atoms with Gasteiger partial charge < -0.3 is 9.80 Å². The van der Waals surface area contributed by atoms with Gasteiger partial charge in [0.2, 0.25) is 0 Å². The van der Waals surface area contributed by atoms with Crippen molar-refractivity contribution < 1.29 is 4.79 Å².